The van der Waals surface area contributed by atoms with Crippen LogP contribution in [0, 0.1) is 5.82 Å². The molecule has 0 saturated carbocycles. The molecule has 0 radical (unpaired) electrons. The lowest BCUT2D eigenvalue weighted by Gasteiger charge is -2.23. The summed E-state index contributed by atoms with van der Waals surface area (Å²) in [6.45, 7) is 1.29. The van der Waals surface area contributed by atoms with Crippen molar-refractivity contribution < 1.29 is 9.18 Å². The summed E-state index contributed by atoms with van der Waals surface area (Å²) < 4.78 is 13.5. The van der Waals surface area contributed by atoms with Gasteiger partial charge >= 0.3 is 0 Å². The van der Waals surface area contributed by atoms with Gasteiger partial charge in [0, 0.05) is 19.1 Å². The topological polar surface area (TPSA) is 46.3 Å². The first-order valence-electron chi connectivity index (χ1n) is 6.05. The second-order valence-corrected chi connectivity index (χ2v) is 5.40. The van der Waals surface area contributed by atoms with Crippen molar-refractivity contribution in [3.8, 4) is 0 Å². The van der Waals surface area contributed by atoms with Gasteiger partial charge in [-0.1, -0.05) is 6.07 Å². The monoisotopic (exact) mass is 314 g/mol. The zero-order valence-electron chi connectivity index (χ0n) is 10.0. The number of nitrogens with zero attached hydrogens (tertiary/aromatic N) is 1. The summed E-state index contributed by atoms with van der Waals surface area (Å²) in [5.41, 5.74) is 6.46. The van der Waals surface area contributed by atoms with Gasteiger partial charge in [0.25, 0.3) is 0 Å². The van der Waals surface area contributed by atoms with Gasteiger partial charge in [-0.2, -0.15) is 0 Å². The van der Waals surface area contributed by atoms with E-state index in [1.807, 2.05) is 4.90 Å². The van der Waals surface area contributed by atoms with Crippen molar-refractivity contribution in [3.63, 3.8) is 0 Å². The average molecular weight is 315 g/mol. The Morgan fingerprint density at radius 1 is 1.56 bits per heavy atom. The zero-order valence-corrected chi connectivity index (χ0v) is 11.6. The molecule has 1 heterocycles. The van der Waals surface area contributed by atoms with Crippen LogP contribution in [0.2, 0.25) is 0 Å². The van der Waals surface area contributed by atoms with Gasteiger partial charge in [0.15, 0.2) is 0 Å². The van der Waals surface area contributed by atoms with Gasteiger partial charge in [-0.05, 0) is 46.5 Å². The molecule has 0 spiro atoms. The predicted octanol–water partition coefficient (Wildman–Crippen LogP) is 2.08. The molecule has 1 aliphatic heterocycles. The SMILES string of the molecule is NCC1CCCN1C(=O)Cc1ccc(F)c(Br)c1. The van der Waals surface area contributed by atoms with Crippen LogP contribution in [0.4, 0.5) is 4.39 Å². The fourth-order valence-electron chi connectivity index (χ4n) is 2.33. The normalized spacial score (nSPS) is 19.3. The van der Waals surface area contributed by atoms with E-state index in [9.17, 15) is 9.18 Å². The van der Waals surface area contributed by atoms with Gasteiger partial charge in [0.1, 0.15) is 5.82 Å². The Hall–Kier alpha value is -0.940. The molecule has 18 heavy (non-hydrogen) atoms. The maximum atomic E-state index is 13.1. The molecule has 0 bridgehead atoms. The lowest BCUT2D eigenvalue weighted by Crippen LogP contribution is -2.40. The maximum absolute atomic E-state index is 13.1. The van der Waals surface area contributed by atoms with Crippen LogP contribution in [0.5, 0.6) is 0 Å². The van der Waals surface area contributed by atoms with Gasteiger partial charge < -0.3 is 10.6 Å². The average Bonchev–Trinajstić information content (AvgIpc) is 2.82. The highest BCUT2D eigenvalue weighted by Gasteiger charge is 2.27. The molecular formula is C13H16BrFN2O. The maximum Gasteiger partial charge on any atom is 0.227 e. The van der Waals surface area contributed by atoms with Crippen LogP contribution in [0.1, 0.15) is 18.4 Å². The summed E-state index contributed by atoms with van der Waals surface area (Å²) in [6, 6.07) is 4.84. The van der Waals surface area contributed by atoms with Crippen molar-refractivity contribution >= 4 is 21.8 Å². The molecule has 3 nitrogen and oxygen atoms in total. The van der Waals surface area contributed by atoms with Crippen molar-refractivity contribution in [1.82, 2.24) is 4.90 Å². The summed E-state index contributed by atoms with van der Waals surface area (Å²) in [6.07, 6.45) is 2.30. The fourth-order valence-corrected chi connectivity index (χ4v) is 2.76. The Labute approximate surface area is 114 Å². The fraction of sp³-hybridized carbons (Fsp3) is 0.462. The van der Waals surface area contributed by atoms with E-state index in [2.05, 4.69) is 15.9 Å². The molecule has 5 heteroatoms. The van der Waals surface area contributed by atoms with Gasteiger partial charge in [0.05, 0.1) is 10.9 Å². The Kier molecular flexibility index (Phi) is 4.35. The van der Waals surface area contributed by atoms with Crippen molar-refractivity contribution in [1.29, 1.82) is 0 Å². The molecule has 1 saturated heterocycles. The number of hydrogen-bond donors (Lipinski definition) is 1. The van der Waals surface area contributed by atoms with Crippen molar-refractivity contribution in [3.05, 3.63) is 34.1 Å². The molecule has 1 fully saturated rings. The van der Waals surface area contributed by atoms with Crippen LogP contribution in [-0.4, -0.2) is 29.9 Å². The minimum atomic E-state index is -0.313. The molecule has 0 aromatic heterocycles. The van der Waals surface area contributed by atoms with Gasteiger partial charge in [-0.25, -0.2) is 4.39 Å². The number of halogens is 2. The van der Waals surface area contributed by atoms with Gasteiger partial charge in [0.2, 0.25) is 5.91 Å². The van der Waals surface area contributed by atoms with E-state index >= 15 is 0 Å². The zero-order chi connectivity index (χ0) is 13.1. The smallest absolute Gasteiger partial charge is 0.227 e. The molecule has 0 aliphatic carbocycles. The molecule has 1 aromatic carbocycles. The minimum absolute atomic E-state index is 0.0708. The van der Waals surface area contributed by atoms with E-state index in [1.54, 1.807) is 12.1 Å². The number of rotatable bonds is 3. The second-order valence-electron chi connectivity index (χ2n) is 4.54. The van der Waals surface area contributed by atoms with Crippen LogP contribution < -0.4 is 5.73 Å². The lowest BCUT2D eigenvalue weighted by atomic mass is 10.1. The summed E-state index contributed by atoms with van der Waals surface area (Å²) in [7, 11) is 0. The molecular weight excluding hydrogens is 299 g/mol. The first-order chi connectivity index (χ1) is 8.61. The van der Waals surface area contributed by atoms with Crippen LogP contribution >= 0.6 is 15.9 Å². The summed E-state index contributed by atoms with van der Waals surface area (Å²) in [5, 5.41) is 0. The lowest BCUT2D eigenvalue weighted by molar-refractivity contribution is -0.131. The standard InChI is InChI=1S/C13H16BrFN2O/c14-11-6-9(3-4-12(11)15)7-13(18)17-5-1-2-10(17)8-16/h3-4,6,10H,1-2,5,7-8,16H2. The van der Waals surface area contributed by atoms with E-state index in [1.165, 1.54) is 6.07 Å². The minimum Gasteiger partial charge on any atom is -0.338 e. The van der Waals surface area contributed by atoms with Crippen LogP contribution in [-0.2, 0) is 11.2 Å². The summed E-state index contributed by atoms with van der Waals surface area (Å²) in [4.78, 5) is 14.0. The number of carbonyl (C=O) groups excluding carboxylic acids is 1. The molecule has 2 rings (SSSR count). The Morgan fingerprint density at radius 3 is 3.00 bits per heavy atom. The predicted molar refractivity (Wildman–Crippen MR) is 71.6 cm³/mol. The Bertz CT molecular complexity index is 453. The highest BCUT2D eigenvalue weighted by molar-refractivity contribution is 9.10. The van der Waals surface area contributed by atoms with E-state index in [0.717, 1.165) is 24.9 Å². The third-order valence-electron chi connectivity index (χ3n) is 3.31. The summed E-state index contributed by atoms with van der Waals surface area (Å²) in [5.74, 6) is -0.242. The third-order valence-corrected chi connectivity index (χ3v) is 3.92. The molecule has 2 N–H and O–H groups in total. The van der Waals surface area contributed by atoms with E-state index in [0.29, 0.717) is 17.4 Å². The van der Waals surface area contributed by atoms with Crippen LogP contribution in [0.15, 0.2) is 22.7 Å². The Morgan fingerprint density at radius 2 is 2.33 bits per heavy atom. The van der Waals surface area contributed by atoms with Gasteiger partial charge in [-0.15, -0.1) is 0 Å². The van der Waals surface area contributed by atoms with Gasteiger partial charge in [-0.3, -0.25) is 4.79 Å². The molecule has 1 atom stereocenters. The van der Waals surface area contributed by atoms with Crippen molar-refractivity contribution in [2.75, 3.05) is 13.1 Å². The first kappa shape index (κ1) is 13.5. The van der Waals surface area contributed by atoms with Crippen molar-refractivity contribution in [2.24, 2.45) is 5.73 Å². The quantitative estimate of drug-likeness (QED) is 0.928. The third kappa shape index (κ3) is 2.90. The highest BCUT2D eigenvalue weighted by Crippen LogP contribution is 2.20. The number of amides is 1. The van der Waals surface area contributed by atoms with Crippen LogP contribution in [0.25, 0.3) is 0 Å². The molecule has 98 valence electrons. The van der Waals surface area contributed by atoms with E-state index in [4.69, 9.17) is 5.73 Å². The second kappa shape index (κ2) is 5.80. The first-order valence-corrected chi connectivity index (χ1v) is 6.84. The van der Waals surface area contributed by atoms with Crippen LogP contribution in [0.3, 0.4) is 0 Å². The number of hydrogen-bond acceptors (Lipinski definition) is 2. The molecule has 1 unspecified atom stereocenters. The summed E-state index contributed by atoms with van der Waals surface area (Å²) >= 11 is 3.13. The van der Waals surface area contributed by atoms with E-state index in [-0.39, 0.29) is 17.8 Å². The number of benzene rings is 1. The Balaban J connectivity index is 2.04. The highest BCUT2D eigenvalue weighted by atomic mass is 79.9. The van der Waals surface area contributed by atoms with Crippen molar-refractivity contribution in [2.45, 2.75) is 25.3 Å². The molecule has 1 amide bonds. The molecule has 1 aromatic rings. The number of likely N-dealkylation sites (tertiary alicyclic amines) is 1. The number of nitrogens with two attached hydrogens (primary N) is 1. The number of carbonyl (C=O) groups is 1. The van der Waals surface area contributed by atoms with E-state index < -0.39 is 0 Å². The molecule has 1 aliphatic rings. The largest absolute Gasteiger partial charge is 0.338 e.